The first kappa shape index (κ1) is 15.5. The average molecular weight is 313 g/mol. The van der Waals surface area contributed by atoms with Crippen molar-refractivity contribution >= 4 is 27.6 Å². The van der Waals surface area contributed by atoms with Crippen LogP contribution in [0.2, 0.25) is 0 Å². The van der Waals surface area contributed by atoms with E-state index >= 15 is 0 Å². The Labute approximate surface area is 124 Å². The third-order valence-corrected chi connectivity index (χ3v) is 4.62. The molecule has 1 N–H and O–H groups in total. The summed E-state index contributed by atoms with van der Waals surface area (Å²) in [5.74, 6) is 0.953. The van der Waals surface area contributed by atoms with E-state index < -0.39 is 10.0 Å². The molecule has 0 unspecified atom stereocenters. The molecule has 1 fully saturated rings. The quantitative estimate of drug-likeness (QED) is 0.834. The van der Waals surface area contributed by atoms with Gasteiger partial charge in [0.25, 0.3) is 0 Å². The van der Waals surface area contributed by atoms with Gasteiger partial charge in [0.2, 0.25) is 15.9 Å². The molecule has 0 spiro atoms. The maximum Gasteiger partial charge on any atom is 0.233 e. The van der Waals surface area contributed by atoms with E-state index in [1.54, 1.807) is 30.9 Å². The summed E-state index contributed by atoms with van der Waals surface area (Å²) in [6.07, 6.45) is 0. The van der Waals surface area contributed by atoms with E-state index in [9.17, 15) is 13.2 Å². The van der Waals surface area contributed by atoms with Crippen molar-refractivity contribution in [1.82, 2.24) is 15.1 Å². The first-order chi connectivity index (χ1) is 9.91. The van der Waals surface area contributed by atoms with Crippen LogP contribution in [0.3, 0.4) is 0 Å². The van der Waals surface area contributed by atoms with Crippen molar-refractivity contribution < 1.29 is 13.2 Å². The lowest BCUT2D eigenvalue weighted by Gasteiger charge is -2.34. The lowest BCUT2D eigenvalue weighted by Crippen LogP contribution is -2.48. The van der Waals surface area contributed by atoms with E-state index in [1.807, 2.05) is 4.90 Å². The Hall–Kier alpha value is -1.90. The fourth-order valence-corrected chi connectivity index (χ4v) is 2.60. The molecule has 1 aliphatic rings. The molecule has 1 amide bonds. The van der Waals surface area contributed by atoms with E-state index in [2.05, 4.69) is 14.9 Å². The first-order valence-electron chi connectivity index (χ1n) is 6.76. The number of hydrogen-bond donors (Lipinski definition) is 1. The van der Waals surface area contributed by atoms with Crippen LogP contribution in [0.5, 0.6) is 0 Å². The fraction of sp³-hybridized carbons (Fsp3) is 0.583. The summed E-state index contributed by atoms with van der Waals surface area (Å²) in [5, 5.41) is 7.91. The topological polar surface area (TPSA) is 95.5 Å². The number of amides is 1. The van der Waals surface area contributed by atoms with Crippen LogP contribution in [0.4, 0.5) is 11.6 Å². The summed E-state index contributed by atoms with van der Waals surface area (Å²) in [5.41, 5.74) is 0. The van der Waals surface area contributed by atoms with Crippen molar-refractivity contribution in [2.45, 2.75) is 13.8 Å². The summed E-state index contributed by atoms with van der Waals surface area (Å²) in [6.45, 7) is 5.80. The van der Waals surface area contributed by atoms with Crippen LogP contribution in [0, 0.1) is 0 Å². The number of nitrogens with one attached hydrogen (secondary N) is 1. The van der Waals surface area contributed by atoms with Gasteiger partial charge in [0.05, 0.1) is 5.75 Å². The molecule has 1 aliphatic heterocycles. The van der Waals surface area contributed by atoms with Gasteiger partial charge < -0.3 is 9.80 Å². The summed E-state index contributed by atoms with van der Waals surface area (Å²) >= 11 is 0. The monoisotopic (exact) mass is 313 g/mol. The van der Waals surface area contributed by atoms with E-state index in [-0.39, 0.29) is 17.5 Å². The highest BCUT2D eigenvalue weighted by Crippen LogP contribution is 2.15. The average Bonchev–Trinajstić information content (AvgIpc) is 2.48. The predicted molar refractivity (Wildman–Crippen MR) is 79.6 cm³/mol. The summed E-state index contributed by atoms with van der Waals surface area (Å²) in [6, 6.07) is 3.32. The van der Waals surface area contributed by atoms with Crippen molar-refractivity contribution in [1.29, 1.82) is 0 Å². The lowest BCUT2D eigenvalue weighted by molar-refractivity contribution is -0.129. The van der Waals surface area contributed by atoms with Gasteiger partial charge in [0.15, 0.2) is 11.6 Å². The van der Waals surface area contributed by atoms with Gasteiger partial charge in [-0.2, -0.15) is 0 Å². The van der Waals surface area contributed by atoms with Crippen LogP contribution in [-0.2, 0) is 14.8 Å². The summed E-state index contributed by atoms with van der Waals surface area (Å²) in [4.78, 5) is 15.1. The van der Waals surface area contributed by atoms with Gasteiger partial charge >= 0.3 is 0 Å². The Morgan fingerprint density at radius 2 is 1.90 bits per heavy atom. The number of nitrogens with zero attached hydrogens (tertiary/aromatic N) is 4. The Morgan fingerprint density at radius 3 is 2.38 bits per heavy atom. The van der Waals surface area contributed by atoms with Crippen molar-refractivity contribution in [3.8, 4) is 0 Å². The first-order valence-corrected chi connectivity index (χ1v) is 8.41. The normalized spacial score (nSPS) is 15.9. The van der Waals surface area contributed by atoms with Crippen molar-refractivity contribution in [2.24, 2.45) is 0 Å². The molecular formula is C12H19N5O3S. The van der Waals surface area contributed by atoms with Gasteiger partial charge in [-0.1, -0.05) is 0 Å². The van der Waals surface area contributed by atoms with Gasteiger partial charge in [-0.05, 0) is 19.1 Å². The second kappa shape index (κ2) is 6.25. The second-order valence-corrected chi connectivity index (χ2v) is 6.79. The van der Waals surface area contributed by atoms with Crippen LogP contribution in [-0.4, -0.2) is 61.4 Å². The second-order valence-electron chi connectivity index (χ2n) is 4.78. The Morgan fingerprint density at radius 1 is 1.24 bits per heavy atom. The van der Waals surface area contributed by atoms with Crippen LogP contribution in [0.25, 0.3) is 0 Å². The number of sulfonamides is 1. The Bertz CT molecular complexity index is 594. The molecule has 116 valence electrons. The molecule has 0 radical (unpaired) electrons. The summed E-state index contributed by atoms with van der Waals surface area (Å²) < 4.78 is 25.2. The smallest absolute Gasteiger partial charge is 0.233 e. The van der Waals surface area contributed by atoms with Crippen LogP contribution < -0.4 is 9.62 Å². The predicted octanol–water partition coefficient (Wildman–Crippen LogP) is -0.0933. The number of rotatable bonds is 4. The lowest BCUT2D eigenvalue weighted by atomic mass is 10.3. The molecule has 1 aromatic heterocycles. The van der Waals surface area contributed by atoms with E-state index in [0.29, 0.717) is 32.0 Å². The van der Waals surface area contributed by atoms with E-state index in [0.717, 1.165) is 0 Å². The Kier molecular flexibility index (Phi) is 4.61. The molecule has 2 rings (SSSR count). The minimum atomic E-state index is -3.34. The maximum atomic E-state index is 11.4. The summed E-state index contributed by atoms with van der Waals surface area (Å²) in [7, 11) is -3.34. The molecule has 21 heavy (non-hydrogen) atoms. The third-order valence-electron chi connectivity index (χ3n) is 3.34. The largest absolute Gasteiger partial charge is 0.352 e. The van der Waals surface area contributed by atoms with Crippen LogP contribution in [0.1, 0.15) is 13.8 Å². The van der Waals surface area contributed by atoms with Gasteiger partial charge in [0.1, 0.15) is 0 Å². The van der Waals surface area contributed by atoms with Crippen molar-refractivity contribution in [3.63, 3.8) is 0 Å². The fourth-order valence-electron chi connectivity index (χ4n) is 2.03. The zero-order chi connectivity index (χ0) is 15.5. The molecule has 0 aliphatic carbocycles. The van der Waals surface area contributed by atoms with E-state index in [4.69, 9.17) is 0 Å². The van der Waals surface area contributed by atoms with Gasteiger partial charge in [-0.15, -0.1) is 10.2 Å². The number of carbonyl (C=O) groups is 1. The molecule has 9 heteroatoms. The van der Waals surface area contributed by atoms with Crippen molar-refractivity contribution in [3.05, 3.63) is 12.1 Å². The van der Waals surface area contributed by atoms with Crippen LogP contribution in [0.15, 0.2) is 12.1 Å². The maximum absolute atomic E-state index is 11.4. The zero-order valence-corrected chi connectivity index (χ0v) is 12.9. The van der Waals surface area contributed by atoms with E-state index in [1.165, 1.54) is 0 Å². The van der Waals surface area contributed by atoms with Gasteiger partial charge in [-0.3, -0.25) is 9.52 Å². The Balaban J connectivity index is 1.99. The standard InChI is InChI=1S/C12H19N5O3S/c1-3-21(19,20)15-11-4-5-12(14-13-11)17-8-6-16(7-9-17)10(2)18/h4-5H,3,6-9H2,1-2H3,(H,13,15). The number of hydrogen-bond acceptors (Lipinski definition) is 6. The highest BCUT2D eigenvalue weighted by atomic mass is 32.2. The highest BCUT2D eigenvalue weighted by Gasteiger charge is 2.19. The molecule has 1 aromatic rings. The SMILES string of the molecule is CCS(=O)(=O)Nc1ccc(N2CCN(C(C)=O)CC2)nn1. The van der Waals surface area contributed by atoms with Crippen molar-refractivity contribution in [2.75, 3.05) is 41.6 Å². The molecule has 0 atom stereocenters. The number of anilines is 2. The number of aromatic nitrogens is 2. The van der Waals surface area contributed by atoms with Gasteiger partial charge in [-0.25, -0.2) is 8.42 Å². The molecule has 1 saturated heterocycles. The molecule has 0 aromatic carbocycles. The molecule has 0 saturated carbocycles. The zero-order valence-electron chi connectivity index (χ0n) is 12.1. The van der Waals surface area contributed by atoms with Crippen LogP contribution >= 0.6 is 0 Å². The molecule has 8 nitrogen and oxygen atoms in total. The minimum Gasteiger partial charge on any atom is -0.352 e. The molecular weight excluding hydrogens is 294 g/mol. The minimum absolute atomic E-state index is 0.0105. The third kappa shape index (κ3) is 4.03. The number of piperazine rings is 1. The number of carbonyl (C=O) groups excluding carboxylic acids is 1. The molecule has 0 bridgehead atoms. The highest BCUT2D eigenvalue weighted by molar-refractivity contribution is 7.92. The molecule has 2 heterocycles. The van der Waals surface area contributed by atoms with Gasteiger partial charge in [0, 0.05) is 33.1 Å².